The second-order valence-electron chi connectivity index (χ2n) is 4.71. The standard InChI is InChI=1S/C16H17FO2/c1-11-7-4-5-8-12(11)16(2,18)13-9-6-10-14(19-3)15(13)17/h4-10,18H,1-3H3. The van der Waals surface area contributed by atoms with Gasteiger partial charge < -0.3 is 9.84 Å². The first-order chi connectivity index (χ1) is 8.98. The van der Waals surface area contributed by atoms with Gasteiger partial charge in [-0.15, -0.1) is 0 Å². The fourth-order valence-electron chi connectivity index (χ4n) is 2.31. The fraction of sp³-hybridized carbons (Fsp3) is 0.250. The topological polar surface area (TPSA) is 29.5 Å². The van der Waals surface area contributed by atoms with E-state index in [0.29, 0.717) is 5.56 Å². The van der Waals surface area contributed by atoms with E-state index in [4.69, 9.17) is 4.74 Å². The van der Waals surface area contributed by atoms with Gasteiger partial charge in [-0.2, -0.15) is 0 Å². The molecule has 0 saturated carbocycles. The number of aryl methyl sites for hydroxylation is 1. The summed E-state index contributed by atoms with van der Waals surface area (Å²) in [6.07, 6.45) is 0. The van der Waals surface area contributed by atoms with Crippen LogP contribution in [-0.2, 0) is 5.60 Å². The van der Waals surface area contributed by atoms with Crippen LogP contribution in [0.2, 0.25) is 0 Å². The van der Waals surface area contributed by atoms with Gasteiger partial charge in [0.2, 0.25) is 0 Å². The summed E-state index contributed by atoms with van der Waals surface area (Å²) < 4.78 is 19.3. The Labute approximate surface area is 112 Å². The van der Waals surface area contributed by atoms with Crippen molar-refractivity contribution in [2.75, 3.05) is 7.11 Å². The third kappa shape index (κ3) is 2.34. The molecule has 0 radical (unpaired) electrons. The Balaban J connectivity index is 2.60. The highest BCUT2D eigenvalue weighted by atomic mass is 19.1. The molecule has 0 amide bonds. The van der Waals surface area contributed by atoms with Crippen LogP contribution in [0.25, 0.3) is 0 Å². The van der Waals surface area contributed by atoms with Crippen LogP contribution in [0.4, 0.5) is 4.39 Å². The highest BCUT2D eigenvalue weighted by molar-refractivity contribution is 5.43. The molecule has 0 bridgehead atoms. The van der Waals surface area contributed by atoms with E-state index in [1.165, 1.54) is 13.2 Å². The number of hydrogen-bond acceptors (Lipinski definition) is 2. The van der Waals surface area contributed by atoms with Gasteiger partial charge in [0, 0.05) is 5.56 Å². The molecule has 0 aromatic heterocycles. The minimum absolute atomic E-state index is 0.131. The molecule has 2 nitrogen and oxygen atoms in total. The summed E-state index contributed by atoms with van der Waals surface area (Å²) in [6, 6.07) is 12.2. The molecule has 0 spiro atoms. The predicted molar refractivity (Wildman–Crippen MR) is 72.8 cm³/mol. The van der Waals surface area contributed by atoms with Gasteiger partial charge in [0.15, 0.2) is 11.6 Å². The van der Waals surface area contributed by atoms with Crippen LogP contribution in [0.3, 0.4) is 0 Å². The van der Waals surface area contributed by atoms with Gasteiger partial charge >= 0.3 is 0 Å². The number of methoxy groups -OCH3 is 1. The molecule has 1 unspecified atom stereocenters. The van der Waals surface area contributed by atoms with E-state index >= 15 is 0 Å². The summed E-state index contributed by atoms with van der Waals surface area (Å²) in [5.41, 5.74) is 0.405. The molecule has 0 aliphatic rings. The molecule has 0 saturated heterocycles. The summed E-state index contributed by atoms with van der Waals surface area (Å²) in [5, 5.41) is 10.7. The van der Waals surface area contributed by atoms with Crippen LogP contribution < -0.4 is 4.74 Å². The second kappa shape index (κ2) is 5.02. The largest absolute Gasteiger partial charge is 0.494 e. The predicted octanol–water partition coefficient (Wildman–Crippen LogP) is 3.40. The fourth-order valence-corrected chi connectivity index (χ4v) is 2.31. The lowest BCUT2D eigenvalue weighted by Crippen LogP contribution is -2.25. The molecule has 3 heteroatoms. The zero-order valence-corrected chi connectivity index (χ0v) is 11.3. The van der Waals surface area contributed by atoms with Gasteiger partial charge in [-0.1, -0.05) is 36.4 Å². The summed E-state index contributed by atoms with van der Waals surface area (Å²) in [4.78, 5) is 0. The molecule has 2 rings (SSSR count). The number of rotatable bonds is 3. The number of halogens is 1. The Kier molecular flexibility index (Phi) is 3.58. The Morgan fingerprint density at radius 3 is 2.32 bits per heavy atom. The summed E-state index contributed by atoms with van der Waals surface area (Å²) in [5.74, 6) is -0.399. The molecule has 19 heavy (non-hydrogen) atoms. The van der Waals surface area contributed by atoms with Crippen molar-refractivity contribution in [1.82, 2.24) is 0 Å². The van der Waals surface area contributed by atoms with Crippen LogP contribution in [-0.4, -0.2) is 12.2 Å². The van der Waals surface area contributed by atoms with Crippen molar-refractivity contribution in [3.05, 3.63) is 65.0 Å². The molecule has 2 aromatic carbocycles. The van der Waals surface area contributed by atoms with Gasteiger partial charge in [-0.25, -0.2) is 4.39 Å². The molecule has 1 N–H and O–H groups in total. The van der Waals surface area contributed by atoms with Crippen molar-refractivity contribution >= 4 is 0 Å². The van der Waals surface area contributed by atoms with E-state index in [2.05, 4.69) is 0 Å². The minimum atomic E-state index is -1.40. The van der Waals surface area contributed by atoms with E-state index in [9.17, 15) is 9.50 Å². The van der Waals surface area contributed by atoms with Crippen molar-refractivity contribution < 1.29 is 14.2 Å². The van der Waals surface area contributed by atoms with Crippen molar-refractivity contribution in [3.8, 4) is 5.75 Å². The first-order valence-electron chi connectivity index (χ1n) is 6.10. The van der Waals surface area contributed by atoms with Gasteiger partial charge in [0.05, 0.1) is 7.11 Å². The maximum atomic E-state index is 14.3. The highest BCUT2D eigenvalue weighted by Gasteiger charge is 2.31. The van der Waals surface area contributed by atoms with Crippen molar-refractivity contribution in [2.45, 2.75) is 19.4 Å². The molecular weight excluding hydrogens is 243 g/mol. The van der Waals surface area contributed by atoms with Crippen molar-refractivity contribution in [3.63, 3.8) is 0 Å². The van der Waals surface area contributed by atoms with Gasteiger partial charge in [-0.05, 0) is 31.0 Å². The Morgan fingerprint density at radius 1 is 1.05 bits per heavy atom. The zero-order valence-electron chi connectivity index (χ0n) is 11.3. The molecule has 100 valence electrons. The Morgan fingerprint density at radius 2 is 1.68 bits per heavy atom. The van der Waals surface area contributed by atoms with Crippen LogP contribution in [0.15, 0.2) is 42.5 Å². The first-order valence-corrected chi connectivity index (χ1v) is 6.10. The van der Waals surface area contributed by atoms with E-state index < -0.39 is 11.4 Å². The lowest BCUT2D eigenvalue weighted by atomic mass is 9.85. The first kappa shape index (κ1) is 13.6. The maximum Gasteiger partial charge on any atom is 0.171 e. The summed E-state index contributed by atoms with van der Waals surface area (Å²) in [6.45, 7) is 3.48. The van der Waals surface area contributed by atoms with Crippen LogP contribution >= 0.6 is 0 Å². The lowest BCUT2D eigenvalue weighted by Gasteiger charge is -2.27. The smallest absolute Gasteiger partial charge is 0.171 e. The highest BCUT2D eigenvalue weighted by Crippen LogP contribution is 2.35. The van der Waals surface area contributed by atoms with Crippen LogP contribution in [0, 0.1) is 12.7 Å². The normalized spacial score (nSPS) is 13.9. The minimum Gasteiger partial charge on any atom is -0.494 e. The zero-order chi connectivity index (χ0) is 14.0. The SMILES string of the molecule is COc1cccc(C(C)(O)c2ccccc2C)c1F. The molecule has 0 fully saturated rings. The van der Waals surface area contributed by atoms with Crippen molar-refractivity contribution in [2.24, 2.45) is 0 Å². The third-order valence-electron chi connectivity index (χ3n) is 3.38. The molecule has 0 heterocycles. The monoisotopic (exact) mass is 260 g/mol. The number of hydrogen-bond donors (Lipinski definition) is 1. The van der Waals surface area contributed by atoms with Crippen molar-refractivity contribution in [1.29, 1.82) is 0 Å². The summed E-state index contributed by atoms with van der Waals surface area (Å²) in [7, 11) is 1.41. The van der Waals surface area contributed by atoms with Crippen LogP contribution in [0.5, 0.6) is 5.75 Å². The lowest BCUT2D eigenvalue weighted by molar-refractivity contribution is 0.0965. The molecular formula is C16H17FO2. The molecule has 0 aliphatic carbocycles. The summed E-state index contributed by atoms with van der Waals surface area (Å²) >= 11 is 0. The molecule has 0 aliphatic heterocycles. The van der Waals surface area contributed by atoms with E-state index in [1.807, 2.05) is 25.1 Å². The van der Waals surface area contributed by atoms with Gasteiger partial charge in [0.1, 0.15) is 5.60 Å². The maximum absolute atomic E-state index is 14.3. The number of benzene rings is 2. The van der Waals surface area contributed by atoms with Crippen LogP contribution in [0.1, 0.15) is 23.6 Å². The third-order valence-corrected chi connectivity index (χ3v) is 3.38. The average Bonchev–Trinajstić information content (AvgIpc) is 2.39. The quantitative estimate of drug-likeness (QED) is 0.916. The van der Waals surface area contributed by atoms with E-state index in [0.717, 1.165) is 5.56 Å². The van der Waals surface area contributed by atoms with Gasteiger partial charge in [-0.3, -0.25) is 0 Å². The Hall–Kier alpha value is -1.87. The van der Waals surface area contributed by atoms with Gasteiger partial charge in [0.25, 0.3) is 0 Å². The van der Waals surface area contributed by atoms with E-state index in [-0.39, 0.29) is 11.3 Å². The second-order valence-corrected chi connectivity index (χ2v) is 4.71. The average molecular weight is 260 g/mol. The number of ether oxygens (including phenoxy) is 1. The Bertz CT molecular complexity index is 591. The molecule has 2 aromatic rings. The number of aliphatic hydroxyl groups is 1. The van der Waals surface area contributed by atoms with E-state index in [1.54, 1.807) is 25.1 Å². The molecule has 1 atom stereocenters.